The van der Waals surface area contributed by atoms with Gasteiger partial charge >= 0.3 is 6.03 Å². The predicted octanol–water partition coefficient (Wildman–Crippen LogP) is 5.09. The minimum Gasteiger partial charge on any atom is -0.377 e. The lowest BCUT2D eigenvalue weighted by Gasteiger charge is -2.30. The van der Waals surface area contributed by atoms with Gasteiger partial charge in [0.25, 0.3) is 0 Å². The molecule has 170 valence electrons. The largest absolute Gasteiger partial charge is 0.377 e. The van der Waals surface area contributed by atoms with Gasteiger partial charge in [0.2, 0.25) is 5.91 Å². The summed E-state index contributed by atoms with van der Waals surface area (Å²) in [4.78, 5) is 29.5. The zero-order chi connectivity index (χ0) is 23.1. The van der Waals surface area contributed by atoms with E-state index in [0.717, 1.165) is 29.8 Å². The van der Waals surface area contributed by atoms with E-state index < -0.39 is 0 Å². The summed E-state index contributed by atoms with van der Waals surface area (Å²) in [5.41, 5.74) is 2.47. The summed E-state index contributed by atoms with van der Waals surface area (Å²) < 4.78 is 0. The van der Waals surface area contributed by atoms with Crippen LogP contribution in [0.5, 0.6) is 0 Å². The van der Waals surface area contributed by atoms with Gasteiger partial charge in [-0.3, -0.25) is 4.79 Å². The Morgan fingerprint density at radius 3 is 2.13 bits per heavy atom. The number of hydrogen-bond donors (Lipinski definition) is 2. The smallest absolute Gasteiger partial charge is 0.319 e. The summed E-state index contributed by atoms with van der Waals surface area (Å²) in [7, 11) is 3.99. The molecule has 0 aromatic heterocycles. The molecule has 1 aromatic carbocycles. The lowest BCUT2D eigenvalue weighted by atomic mass is 10.00. The van der Waals surface area contributed by atoms with Gasteiger partial charge in [-0.15, -0.1) is 0 Å². The Morgan fingerprint density at radius 2 is 1.67 bits per heavy atom. The Hall–Kier alpha value is -2.24. The van der Waals surface area contributed by atoms with Crippen molar-refractivity contribution >= 4 is 23.3 Å². The van der Waals surface area contributed by atoms with Crippen LogP contribution in [0.4, 0.5) is 16.2 Å². The highest BCUT2D eigenvalue weighted by Gasteiger charge is 2.24. The second kappa shape index (κ2) is 11.2. The van der Waals surface area contributed by atoms with Crippen molar-refractivity contribution in [3.05, 3.63) is 23.8 Å². The third-order valence-electron chi connectivity index (χ3n) is 4.90. The van der Waals surface area contributed by atoms with Crippen LogP contribution in [0.25, 0.3) is 0 Å². The summed E-state index contributed by atoms with van der Waals surface area (Å²) in [6.07, 6.45) is 1.69. The summed E-state index contributed by atoms with van der Waals surface area (Å²) in [5.74, 6) is 0.637. The van der Waals surface area contributed by atoms with E-state index >= 15 is 0 Å². The van der Waals surface area contributed by atoms with Crippen LogP contribution in [0.15, 0.2) is 18.2 Å². The van der Waals surface area contributed by atoms with E-state index in [1.807, 2.05) is 62.9 Å². The number of carbonyl (C=O) groups is 2. The van der Waals surface area contributed by atoms with Crippen LogP contribution in [-0.2, 0) is 11.3 Å². The molecule has 0 fully saturated rings. The first-order valence-corrected chi connectivity index (χ1v) is 11.1. The van der Waals surface area contributed by atoms with Crippen LogP contribution in [0.1, 0.15) is 66.9 Å². The SMILES string of the molecule is CCC(CC)C(=O)N(Cc1cc(NC(=O)NC(C)(C)C)ccc1N(C)C)CC(C)C. The average molecular weight is 419 g/mol. The maximum absolute atomic E-state index is 13.2. The third-order valence-corrected chi connectivity index (χ3v) is 4.90. The number of urea groups is 1. The van der Waals surface area contributed by atoms with Gasteiger partial charge in [-0.05, 0) is 63.3 Å². The van der Waals surface area contributed by atoms with Gasteiger partial charge in [0.05, 0.1) is 0 Å². The Kier molecular flexibility index (Phi) is 9.66. The van der Waals surface area contributed by atoms with E-state index in [9.17, 15) is 9.59 Å². The van der Waals surface area contributed by atoms with Crippen molar-refractivity contribution in [2.24, 2.45) is 11.8 Å². The molecule has 6 nitrogen and oxygen atoms in total. The van der Waals surface area contributed by atoms with Crippen LogP contribution in [-0.4, -0.2) is 43.0 Å². The van der Waals surface area contributed by atoms with E-state index in [4.69, 9.17) is 0 Å². The molecule has 2 N–H and O–H groups in total. The Balaban J connectivity index is 3.20. The van der Waals surface area contributed by atoms with E-state index in [1.54, 1.807) is 0 Å². The van der Waals surface area contributed by atoms with Gasteiger partial charge in [-0.2, -0.15) is 0 Å². The fraction of sp³-hybridized carbons (Fsp3) is 0.667. The standard InChI is InChI=1S/C24H42N4O2/c1-10-18(11-2)22(29)28(15-17(3)4)16-19-14-20(12-13-21(19)27(8)9)25-23(30)26-24(5,6)7/h12-14,17-18H,10-11,15-16H2,1-9H3,(H2,25,26,30). The first-order chi connectivity index (χ1) is 13.9. The first-order valence-electron chi connectivity index (χ1n) is 11.1. The van der Waals surface area contributed by atoms with Gasteiger partial charge in [0, 0.05) is 50.0 Å². The van der Waals surface area contributed by atoms with Gasteiger partial charge in [0.1, 0.15) is 0 Å². The van der Waals surface area contributed by atoms with Gasteiger partial charge in [0.15, 0.2) is 0 Å². The Labute approximate surface area is 183 Å². The molecule has 0 bridgehead atoms. The maximum Gasteiger partial charge on any atom is 0.319 e. The highest BCUT2D eigenvalue weighted by Crippen LogP contribution is 2.26. The molecule has 0 aliphatic heterocycles. The molecule has 6 heteroatoms. The quantitative estimate of drug-likeness (QED) is 0.587. The second-order valence-corrected chi connectivity index (χ2v) is 9.69. The van der Waals surface area contributed by atoms with Crippen molar-refractivity contribution in [3.8, 4) is 0 Å². The molecule has 1 rings (SSSR count). The zero-order valence-electron chi connectivity index (χ0n) is 20.4. The fourth-order valence-corrected chi connectivity index (χ4v) is 3.50. The Bertz CT molecular complexity index is 704. The maximum atomic E-state index is 13.2. The molecule has 0 spiro atoms. The number of hydrogen-bond acceptors (Lipinski definition) is 3. The van der Waals surface area contributed by atoms with Crippen molar-refractivity contribution < 1.29 is 9.59 Å². The number of amides is 3. The number of anilines is 2. The van der Waals surface area contributed by atoms with E-state index in [0.29, 0.717) is 19.0 Å². The molecule has 0 unspecified atom stereocenters. The van der Waals surface area contributed by atoms with E-state index in [1.165, 1.54) is 0 Å². The van der Waals surface area contributed by atoms with Crippen LogP contribution >= 0.6 is 0 Å². The highest BCUT2D eigenvalue weighted by molar-refractivity contribution is 5.90. The fourth-order valence-electron chi connectivity index (χ4n) is 3.50. The molecule has 0 saturated carbocycles. The summed E-state index contributed by atoms with van der Waals surface area (Å²) in [6, 6.07) is 5.64. The summed E-state index contributed by atoms with van der Waals surface area (Å²) in [6.45, 7) is 15.5. The summed E-state index contributed by atoms with van der Waals surface area (Å²) in [5, 5.41) is 5.84. The Morgan fingerprint density at radius 1 is 1.07 bits per heavy atom. The van der Waals surface area contributed by atoms with Crippen LogP contribution < -0.4 is 15.5 Å². The minimum atomic E-state index is -0.313. The van der Waals surface area contributed by atoms with Crippen molar-refractivity contribution in [2.75, 3.05) is 30.9 Å². The third kappa shape index (κ3) is 8.25. The molecular formula is C24H42N4O2. The van der Waals surface area contributed by atoms with Crippen molar-refractivity contribution in [1.82, 2.24) is 10.2 Å². The average Bonchev–Trinajstić information content (AvgIpc) is 2.59. The monoisotopic (exact) mass is 418 g/mol. The molecule has 30 heavy (non-hydrogen) atoms. The van der Waals surface area contributed by atoms with E-state index in [2.05, 4.69) is 38.3 Å². The molecule has 3 amide bonds. The first kappa shape index (κ1) is 25.8. The summed E-state index contributed by atoms with van der Waals surface area (Å²) >= 11 is 0. The molecule has 0 aliphatic carbocycles. The zero-order valence-corrected chi connectivity index (χ0v) is 20.4. The van der Waals surface area contributed by atoms with Crippen molar-refractivity contribution in [3.63, 3.8) is 0 Å². The van der Waals surface area contributed by atoms with Crippen LogP contribution in [0.2, 0.25) is 0 Å². The lowest BCUT2D eigenvalue weighted by molar-refractivity contribution is -0.137. The normalized spacial score (nSPS) is 11.6. The topological polar surface area (TPSA) is 64.7 Å². The van der Waals surface area contributed by atoms with Crippen molar-refractivity contribution in [1.29, 1.82) is 0 Å². The number of rotatable bonds is 9. The van der Waals surface area contributed by atoms with Gasteiger partial charge in [-0.1, -0.05) is 27.7 Å². The number of carbonyl (C=O) groups excluding carboxylic acids is 2. The molecule has 0 saturated heterocycles. The molecule has 0 aliphatic rings. The molecule has 0 radical (unpaired) electrons. The van der Waals surface area contributed by atoms with Gasteiger partial charge < -0.3 is 20.4 Å². The predicted molar refractivity (Wildman–Crippen MR) is 127 cm³/mol. The van der Waals surface area contributed by atoms with Crippen molar-refractivity contribution in [2.45, 2.75) is 73.4 Å². The van der Waals surface area contributed by atoms with Crippen LogP contribution in [0.3, 0.4) is 0 Å². The van der Waals surface area contributed by atoms with E-state index in [-0.39, 0.29) is 23.4 Å². The lowest BCUT2D eigenvalue weighted by Crippen LogP contribution is -2.43. The molecule has 1 aromatic rings. The minimum absolute atomic E-state index is 0.0467. The highest BCUT2D eigenvalue weighted by atomic mass is 16.2. The molecule has 0 heterocycles. The van der Waals surface area contributed by atoms with Gasteiger partial charge in [-0.25, -0.2) is 4.79 Å². The molecular weight excluding hydrogens is 376 g/mol. The number of nitrogens with one attached hydrogen (secondary N) is 2. The van der Waals surface area contributed by atoms with Crippen LogP contribution in [0, 0.1) is 11.8 Å². The second-order valence-electron chi connectivity index (χ2n) is 9.69. The number of benzene rings is 1. The number of nitrogens with zero attached hydrogens (tertiary/aromatic N) is 2. The molecule has 0 atom stereocenters.